The van der Waals surface area contributed by atoms with Gasteiger partial charge in [0.15, 0.2) is 0 Å². The second-order valence-corrected chi connectivity index (χ2v) is 9.65. The molecular formula is C27H27N3O3S2. The van der Waals surface area contributed by atoms with Crippen molar-refractivity contribution in [1.82, 2.24) is 14.7 Å². The fourth-order valence-corrected chi connectivity index (χ4v) is 5.04. The third kappa shape index (κ3) is 5.73. The van der Waals surface area contributed by atoms with Crippen molar-refractivity contribution < 1.29 is 14.3 Å². The normalized spacial score (nSPS) is 14.7. The minimum atomic E-state index is -0.0844. The molecule has 0 atom stereocenters. The zero-order chi connectivity index (χ0) is 24.8. The molecule has 35 heavy (non-hydrogen) atoms. The molecule has 1 amide bonds. The van der Waals surface area contributed by atoms with E-state index in [0.717, 1.165) is 40.2 Å². The number of methoxy groups -OCH3 is 1. The molecule has 1 saturated heterocycles. The maximum atomic E-state index is 13.1. The third-order valence-electron chi connectivity index (χ3n) is 5.46. The molecule has 180 valence electrons. The second kappa shape index (κ2) is 11.5. The number of hydrogen-bond acceptors (Lipinski definition) is 6. The van der Waals surface area contributed by atoms with E-state index in [0.29, 0.717) is 29.0 Å². The maximum Gasteiger partial charge on any atom is 0.266 e. The van der Waals surface area contributed by atoms with Crippen molar-refractivity contribution in [2.45, 2.75) is 13.3 Å². The van der Waals surface area contributed by atoms with E-state index < -0.39 is 0 Å². The molecule has 1 aromatic heterocycles. The molecule has 1 aliphatic heterocycles. The monoisotopic (exact) mass is 505 g/mol. The number of benzene rings is 2. The van der Waals surface area contributed by atoms with Crippen molar-refractivity contribution in [1.29, 1.82) is 0 Å². The van der Waals surface area contributed by atoms with E-state index in [1.54, 1.807) is 18.1 Å². The van der Waals surface area contributed by atoms with Crippen LogP contribution in [0.25, 0.3) is 23.0 Å². The lowest BCUT2D eigenvalue weighted by Gasteiger charge is -2.13. The number of hydrogen-bond donors (Lipinski definition) is 0. The van der Waals surface area contributed by atoms with Crippen molar-refractivity contribution in [3.05, 3.63) is 83.4 Å². The van der Waals surface area contributed by atoms with Gasteiger partial charge < -0.3 is 9.47 Å². The second-order valence-electron chi connectivity index (χ2n) is 7.97. The average molecular weight is 506 g/mol. The van der Waals surface area contributed by atoms with Gasteiger partial charge in [0.1, 0.15) is 22.4 Å². The fraction of sp³-hybridized carbons (Fsp3) is 0.222. The lowest BCUT2D eigenvalue weighted by Crippen LogP contribution is -2.29. The number of thiocarbonyl (C=S) groups is 1. The summed E-state index contributed by atoms with van der Waals surface area (Å²) in [6.45, 7) is 7.27. The van der Waals surface area contributed by atoms with Crippen LogP contribution in [-0.2, 0) is 9.53 Å². The lowest BCUT2D eigenvalue weighted by atomic mass is 10.0. The number of amides is 1. The van der Waals surface area contributed by atoms with Crippen LogP contribution in [0, 0.1) is 6.92 Å². The molecule has 0 bridgehead atoms. The number of aromatic nitrogens is 2. The lowest BCUT2D eigenvalue weighted by molar-refractivity contribution is -0.122. The molecule has 4 rings (SSSR count). The van der Waals surface area contributed by atoms with Crippen LogP contribution in [0.2, 0.25) is 0 Å². The highest BCUT2D eigenvalue weighted by Gasteiger charge is 2.32. The summed E-state index contributed by atoms with van der Waals surface area (Å²) in [5.41, 5.74) is 4.48. The van der Waals surface area contributed by atoms with E-state index in [9.17, 15) is 4.79 Å². The summed E-state index contributed by atoms with van der Waals surface area (Å²) in [5, 5.41) is 4.88. The molecule has 2 heterocycles. The number of carbonyl (C=O) groups excluding carboxylic acids is 1. The predicted octanol–water partition coefficient (Wildman–Crippen LogP) is 5.65. The number of ether oxygens (including phenoxy) is 2. The summed E-state index contributed by atoms with van der Waals surface area (Å²) in [4.78, 5) is 15.3. The molecule has 0 saturated carbocycles. The van der Waals surface area contributed by atoms with Gasteiger partial charge in [-0.3, -0.25) is 9.69 Å². The van der Waals surface area contributed by atoms with Gasteiger partial charge in [-0.15, -0.1) is 0 Å². The Balaban J connectivity index is 1.72. The summed E-state index contributed by atoms with van der Waals surface area (Å²) >= 11 is 6.80. The number of rotatable bonds is 10. The predicted molar refractivity (Wildman–Crippen MR) is 146 cm³/mol. The van der Waals surface area contributed by atoms with Crippen molar-refractivity contribution in [3.8, 4) is 22.7 Å². The zero-order valence-corrected chi connectivity index (χ0v) is 21.4. The minimum Gasteiger partial charge on any atom is -0.489 e. The van der Waals surface area contributed by atoms with Gasteiger partial charge >= 0.3 is 0 Å². The van der Waals surface area contributed by atoms with Crippen LogP contribution in [0.5, 0.6) is 5.75 Å². The smallest absolute Gasteiger partial charge is 0.266 e. The van der Waals surface area contributed by atoms with Crippen molar-refractivity contribution in [2.24, 2.45) is 0 Å². The Bertz CT molecular complexity index is 1270. The molecule has 1 fully saturated rings. The molecule has 0 unspecified atom stereocenters. The summed E-state index contributed by atoms with van der Waals surface area (Å²) in [7, 11) is 1.65. The molecule has 1 aliphatic rings. The van der Waals surface area contributed by atoms with Crippen molar-refractivity contribution in [3.63, 3.8) is 0 Å². The Morgan fingerprint density at radius 3 is 2.71 bits per heavy atom. The Kier molecular flexibility index (Phi) is 8.17. The van der Waals surface area contributed by atoms with Crippen LogP contribution in [0.1, 0.15) is 17.5 Å². The number of para-hydroxylation sites is 1. The minimum absolute atomic E-state index is 0.0844. The molecule has 0 N–H and O–H groups in total. The Labute approximate surface area is 215 Å². The Morgan fingerprint density at radius 1 is 1.20 bits per heavy atom. The van der Waals surface area contributed by atoms with Crippen LogP contribution in [0.15, 0.2) is 72.3 Å². The molecule has 8 heteroatoms. The number of thioether (sulfide) groups is 1. The number of carbonyl (C=O) groups is 1. The summed E-state index contributed by atoms with van der Waals surface area (Å²) in [6, 6.07) is 15.9. The van der Waals surface area contributed by atoms with Gasteiger partial charge in [0.2, 0.25) is 0 Å². The highest BCUT2D eigenvalue weighted by Crippen LogP contribution is 2.35. The van der Waals surface area contributed by atoms with Gasteiger partial charge in [-0.05, 0) is 55.3 Å². The first-order chi connectivity index (χ1) is 17.0. The topological polar surface area (TPSA) is 56.6 Å². The molecule has 0 spiro atoms. The van der Waals surface area contributed by atoms with Gasteiger partial charge in [0.25, 0.3) is 5.91 Å². The maximum absolute atomic E-state index is 13.1. The first-order valence-electron chi connectivity index (χ1n) is 11.3. The highest BCUT2D eigenvalue weighted by molar-refractivity contribution is 8.26. The zero-order valence-electron chi connectivity index (χ0n) is 19.8. The summed E-state index contributed by atoms with van der Waals surface area (Å²) in [6.07, 6.45) is 6.28. The Hall–Kier alpha value is -3.20. The van der Waals surface area contributed by atoms with Crippen LogP contribution in [0.4, 0.5) is 0 Å². The van der Waals surface area contributed by atoms with Crippen LogP contribution < -0.4 is 4.74 Å². The molecule has 0 aliphatic carbocycles. The van der Waals surface area contributed by atoms with Gasteiger partial charge in [-0.1, -0.05) is 54.8 Å². The van der Waals surface area contributed by atoms with E-state index in [4.69, 9.17) is 26.8 Å². The number of nitrogens with zero attached hydrogens (tertiary/aromatic N) is 3. The molecule has 2 aromatic carbocycles. The quantitative estimate of drug-likeness (QED) is 0.154. The fourth-order valence-electron chi connectivity index (χ4n) is 3.74. The van der Waals surface area contributed by atoms with E-state index >= 15 is 0 Å². The van der Waals surface area contributed by atoms with Crippen molar-refractivity contribution >= 4 is 40.3 Å². The molecule has 3 aromatic rings. The first-order valence-corrected chi connectivity index (χ1v) is 12.5. The molecular weight excluding hydrogens is 478 g/mol. The van der Waals surface area contributed by atoms with Crippen LogP contribution >= 0.6 is 24.0 Å². The Morgan fingerprint density at radius 2 is 2.00 bits per heavy atom. The molecule has 6 nitrogen and oxygen atoms in total. The SMILES string of the molecule is C=CCOc1ccc(-c2nn(-c3ccccc3)cc2/C=C2/SC(=S)N(CCCOC)C2=O)cc1C. The van der Waals surface area contributed by atoms with E-state index in [1.165, 1.54) is 11.8 Å². The number of aryl methyl sites for hydroxylation is 1. The summed E-state index contributed by atoms with van der Waals surface area (Å²) in [5.74, 6) is 0.716. The van der Waals surface area contributed by atoms with E-state index in [-0.39, 0.29) is 5.91 Å². The average Bonchev–Trinajstić information content (AvgIpc) is 3.40. The van der Waals surface area contributed by atoms with Gasteiger partial charge in [-0.2, -0.15) is 5.10 Å². The van der Waals surface area contributed by atoms with Gasteiger partial charge in [0, 0.05) is 37.6 Å². The molecule has 0 radical (unpaired) electrons. The van der Waals surface area contributed by atoms with E-state index in [2.05, 4.69) is 6.58 Å². The van der Waals surface area contributed by atoms with Crippen LogP contribution in [-0.4, -0.2) is 51.8 Å². The van der Waals surface area contributed by atoms with E-state index in [1.807, 2.05) is 72.4 Å². The third-order valence-corrected chi connectivity index (χ3v) is 6.84. The van der Waals surface area contributed by atoms with Gasteiger partial charge in [-0.25, -0.2) is 4.68 Å². The summed E-state index contributed by atoms with van der Waals surface area (Å²) < 4.78 is 13.2. The van der Waals surface area contributed by atoms with Crippen LogP contribution in [0.3, 0.4) is 0 Å². The highest BCUT2D eigenvalue weighted by atomic mass is 32.2. The standard InChI is InChI=1S/C27H27N3O3S2/c1-4-14-33-23-12-11-20(16-19(23)2)25-21(18-30(28-25)22-9-6-5-7-10-22)17-24-26(31)29(27(34)35-24)13-8-15-32-3/h4-7,9-12,16-18H,1,8,13-15H2,2-3H3/b24-17+. The van der Waals surface area contributed by atoms with Gasteiger partial charge in [0.05, 0.1) is 10.6 Å². The largest absolute Gasteiger partial charge is 0.489 e. The van der Waals surface area contributed by atoms with Crippen molar-refractivity contribution in [2.75, 3.05) is 26.9 Å². The first kappa shape index (κ1) is 24.9.